The molecule has 4 bridgehead atoms. The highest BCUT2D eigenvalue weighted by Gasteiger charge is 2.60. The van der Waals surface area contributed by atoms with Crippen LogP contribution in [0.25, 0.3) is 0 Å². The fraction of sp³-hybridized carbons (Fsp3) is 0.593. The Kier molecular flexibility index (Phi) is 5.39. The Hall–Kier alpha value is -1.69. The largest absolute Gasteiger partial charge is 0.379 e. The standard InChI is InChI=1S/C27H34N2O2S/c30-25(28-18-23(24-7-4-12-32-24)29-8-10-31-11-9-29)27-16-20-13-21(17-27)15-26(14-20,19-27)22-5-2-1-3-6-22/h1-7,12,20-21,23H,8-11,13-19H2,(H,28,30). The van der Waals surface area contributed by atoms with Gasteiger partial charge in [-0.1, -0.05) is 36.4 Å². The van der Waals surface area contributed by atoms with Crippen LogP contribution in [0.4, 0.5) is 0 Å². The summed E-state index contributed by atoms with van der Waals surface area (Å²) in [5.41, 5.74) is 1.50. The molecule has 4 saturated carbocycles. The summed E-state index contributed by atoms with van der Waals surface area (Å²) in [7, 11) is 0. The number of nitrogens with zero attached hydrogens (tertiary/aromatic N) is 1. The van der Waals surface area contributed by atoms with Gasteiger partial charge in [0.1, 0.15) is 0 Å². The number of hydrogen-bond acceptors (Lipinski definition) is 4. The topological polar surface area (TPSA) is 41.6 Å². The fourth-order valence-electron chi connectivity index (χ4n) is 7.81. The molecule has 5 fully saturated rings. The van der Waals surface area contributed by atoms with Crippen molar-refractivity contribution in [3.05, 3.63) is 58.3 Å². The van der Waals surface area contributed by atoms with Crippen molar-refractivity contribution in [3.8, 4) is 0 Å². The van der Waals surface area contributed by atoms with Gasteiger partial charge in [0.05, 0.1) is 24.7 Å². The van der Waals surface area contributed by atoms with Crippen LogP contribution in [0.1, 0.15) is 55.0 Å². The second-order valence-corrected chi connectivity index (χ2v) is 11.8. The van der Waals surface area contributed by atoms with Crippen molar-refractivity contribution in [1.82, 2.24) is 10.2 Å². The van der Waals surface area contributed by atoms with Crippen molar-refractivity contribution < 1.29 is 9.53 Å². The number of benzene rings is 1. The molecule has 3 unspecified atom stereocenters. The maximum atomic E-state index is 13.9. The van der Waals surface area contributed by atoms with Crippen molar-refractivity contribution >= 4 is 17.2 Å². The predicted octanol–water partition coefficient (Wildman–Crippen LogP) is 4.78. The number of amides is 1. The molecule has 170 valence electrons. The first-order valence-corrected chi connectivity index (χ1v) is 13.2. The molecule has 3 atom stereocenters. The summed E-state index contributed by atoms with van der Waals surface area (Å²) in [6, 6.07) is 15.7. The van der Waals surface area contributed by atoms with E-state index in [2.05, 4.69) is 58.1 Å². The smallest absolute Gasteiger partial charge is 0.226 e. The molecule has 32 heavy (non-hydrogen) atoms. The molecule has 1 aromatic heterocycles. The average molecular weight is 451 g/mol. The molecule has 1 N–H and O–H groups in total. The van der Waals surface area contributed by atoms with Crippen molar-refractivity contribution in [2.24, 2.45) is 17.3 Å². The third-order valence-electron chi connectivity index (χ3n) is 8.74. The number of hydrogen-bond donors (Lipinski definition) is 1. The van der Waals surface area contributed by atoms with E-state index in [1.165, 1.54) is 29.7 Å². The van der Waals surface area contributed by atoms with Gasteiger partial charge in [-0.15, -0.1) is 11.3 Å². The number of ether oxygens (including phenoxy) is 1. The van der Waals surface area contributed by atoms with Gasteiger partial charge in [0, 0.05) is 24.5 Å². The maximum Gasteiger partial charge on any atom is 0.226 e. The van der Waals surface area contributed by atoms with E-state index in [9.17, 15) is 4.79 Å². The molecule has 0 radical (unpaired) electrons. The van der Waals surface area contributed by atoms with Crippen LogP contribution in [0.2, 0.25) is 0 Å². The van der Waals surface area contributed by atoms with Gasteiger partial charge < -0.3 is 10.1 Å². The molecule has 7 rings (SSSR count). The number of thiophene rings is 1. The van der Waals surface area contributed by atoms with Gasteiger partial charge in [0.2, 0.25) is 5.91 Å². The van der Waals surface area contributed by atoms with Gasteiger partial charge in [-0.05, 0) is 72.8 Å². The summed E-state index contributed by atoms with van der Waals surface area (Å²) < 4.78 is 5.58. The first-order chi connectivity index (χ1) is 15.7. The van der Waals surface area contributed by atoms with Crippen LogP contribution in [0.5, 0.6) is 0 Å². The van der Waals surface area contributed by atoms with E-state index >= 15 is 0 Å². The quantitative estimate of drug-likeness (QED) is 0.689. The Morgan fingerprint density at radius 1 is 1.06 bits per heavy atom. The van der Waals surface area contributed by atoms with Crippen molar-refractivity contribution in [2.75, 3.05) is 32.8 Å². The number of morpholine rings is 1. The lowest BCUT2D eigenvalue weighted by Crippen LogP contribution is -2.59. The van der Waals surface area contributed by atoms with E-state index < -0.39 is 0 Å². The zero-order valence-electron chi connectivity index (χ0n) is 18.8. The third kappa shape index (κ3) is 3.63. The molecule has 2 heterocycles. The monoisotopic (exact) mass is 450 g/mol. The lowest BCUT2D eigenvalue weighted by molar-refractivity contribution is -0.149. The lowest BCUT2D eigenvalue weighted by atomic mass is 9.42. The number of nitrogens with one attached hydrogen (secondary N) is 1. The van der Waals surface area contributed by atoms with E-state index in [0.717, 1.165) is 45.6 Å². The van der Waals surface area contributed by atoms with Gasteiger partial charge in [0.25, 0.3) is 0 Å². The molecule has 1 aliphatic heterocycles. The molecule has 0 spiro atoms. The van der Waals surface area contributed by atoms with Gasteiger partial charge >= 0.3 is 0 Å². The van der Waals surface area contributed by atoms with Gasteiger partial charge in [-0.2, -0.15) is 0 Å². The van der Waals surface area contributed by atoms with E-state index in [-0.39, 0.29) is 16.9 Å². The molecule has 1 aromatic carbocycles. The second kappa shape index (κ2) is 8.27. The van der Waals surface area contributed by atoms with Crippen molar-refractivity contribution in [3.63, 3.8) is 0 Å². The second-order valence-electron chi connectivity index (χ2n) is 10.8. The van der Waals surface area contributed by atoms with E-state index in [0.29, 0.717) is 24.3 Å². The molecule has 5 aliphatic rings. The fourth-order valence-corrected chi connectivity index (χ4v) is 8.68. The summed E-state index contributed by atoms with van der Waals surface area (Å²) in [5, 5.41) is 5.63. The minimum atomic E-state index is -0.176. The maximum absolute atomic E-state index is 13.9. The Morgan fingerprint density at radius 3 is 2.50 bits per heavy atom. The molecule has 4 aliphatic carbocycles. The molecule has 2 aromatic rings. The molecule has 4 nitrogen and oxygen atoms in total. The van der Waals surface area contributed by atoms with Crippen LogP contribution in [0.3, 0.4) is 0 Å². The summed E-state index contributed by atoms with van der Waals surface area (Å²) in [4.78, 5) is 17.7. The summed E-state index contributed by atoms with van der Waals surface area (Å²) >= 11 is 1.80. The van der Waals surface area contributed by atoms with Crippen molar-refractivity contribution in [2.45, 2.75) is 50.0 Å². The van der Waals surface area contributed by atoms with Crippen LogP contribution >= 0.6 is 11.3 Å². The Bertz CT molecular complexity index is 924. The SMILES string of the molecule is O=C(NCC(c1cccs1)N1CCOCC1)C12CC3CC(C1)CC(c1ccccc1)(C3)C2. The zero-order valence-corrected chi connectivity index (χ0v) is 19.6. The van der Waals surface area contributed by atoms with Crippen LogP contribution in [-0.4, -0.2) is 43.7 Å². The van der Waals surface area contributed by atoms with Gasteiger partial charge in [-0.25, -0.2) is 0 Å². The average Bonchev–Trinajstić information content (AvgIpc) is 3.34. The molecule has 1 amide bonds. The first kappa shape index (κ1) is 20.9. The summed E-state index contributed by atoms with van der Waals surface area (Å²) in [5.74, 6) is 1.73. The molecular formula is C27H34N2O2S. The van der Waals surface area contributed by atoms with Crippen LogP contribution in [0.15, 0.2) is 47.8 Å². The van der Waals surface area contributed by atoms with Crippen LogP contribution in [-0.2, 0) is 14.9 Å². The number of rotatable bonds is 6. The molecular weight excluding hydrogens is 416 g/mol. The Morgan fingerprint density at radius 2 is 1.81 bits per heavy atom. The summed E-state index contributed by atoms with van der Waals surface area (Å²) in [6.45, 7) is 4.13. The van der Waals surface area contributed by atoms with Gasteiger partial charge in [0.15, 0.2) is 0 Å². The molecule has 1 saturated heterocycles. The van der Waals surface area contributed by atoms with Crippen LogP contribution in [0, 0.1) is 17.3 Å². The minimum Gasteiger partial charge on any atom is -0.379 e. The summed E-state index contributed by atoms with van der Waals surface area (Å²) in [6.07, 6.45) is 7.08. The van der Waals surface area contributed by atoms with E-state index in [1.807, 2.05) is 0 Å². The normalized spacial score (nSPS) is 35.0. The third-order valence-corrected chi connectivity index (χ3v) is 9.72. The highest BCUT2D eigenvalue weighted by atomic mass is 32.1. The highest BCUT2D eigenvalue weighted by molar-refractivity contribution is 7.10. The Balaban J connectivity index is 1.22. The molecule has 5 heteroatoms. The number of carbonyl (C=O) groups excluding carboxylic acids is 1. The lowest BCUT2D eigenvalue weighted by Gasteiger charge is -2.61. The van der Waals surface area contributed by atoms with E-state index in [1.54, 1.807) is 11.3 Å². The minimum absolute atomic E-state index is 0.176. The van der Waals surface area contributed by atoms with Gasteiger partial charge in [-0.3, -0.25) is 9.69 Å². The predicted molar refractivity (Wildman–Crippen MR) is 128 cm³/mol. The number of carbonyl (C=O) groups is 1. The highest BCUT2D eigenvalue weighted by Crippen LogP contribution is 2.65. The van der Waals surface area contributed by atoms with Crippen molar-refractivity contribution in [1.29, 1.82) is 0 Å². The van der Waals surface area contributed by atoms with Crippen LogP contribution < -0.4 is 5.32 Å². The zero-order chi connectivity index (χ0) is 21.6. The van der Waals surface area contributed by atoms with E-state index in [4.69, 9.17) is 4.74 Å². The first-order valence-electron chi connectivity index (χ1n) is 12.3. The Labute approximate surface area is 195 Å².